The summed E-state index contributed by atoms with van der Waals surface area (Å²) in [6.07, 6.45) is 2.14. The van der Waals surface area contributed by atoms with Crippen LogP contribution in [0, 0.1) is 12.7 Å². The van der Waals surface area contributed by atoms with Gasteiger partial charge in [0.1, 0.15) is 5.82 Å². The summed E-state index contributed by atoms with van der Waals surface area (Å²) in [5.41, 5.74) is 4.37. The summed E-state index contributed by atoms with van der Waals surface area (Å²) < 4.78 is 19.4. The van der Waals surface area contributed by atoms with Gasteiger partial charge < -0.3 is 4.52 Å². The zero-order valence-corrected chi connectivity index (χ0v) is 17.4. The quantitative estimate of drug-likeness (QED) is 0.386. The fraction of sp³-hybridized carbons (Fsp3) is 0.250. The van der Waals surface area contributed by atoms with Crippen molar-refractivity contribution in [3.05, 3.63) is 82.5 Å². The lowest BCUT2D eigenvalue weighted by atomic mass is 10.0. The van der Waals surface area contributed by atoms with Crippen LogP contribution in [0.15, 0.2) is 59.1 Å². The lowest BCUT2D eigenvalue weighted by Crippen LogP contribution is -2.23. The predicted octanol–water partition coefficient (Wildman–Crippen LogP) is 6.33. The van der Waals surface area contributed by atoms with Crippen LogP contribution in [0.1, 0.15) is 35.9 Å². The Morgan fingerprint density at radius 2 is 2.07 bits per heavy atom. The average Bonchev–Trinajstić information content (AvgIpc) is 3.36. The first kappa shape index (κ1) is 19.2. The fourth-order valence-corrected chi connectivity index (χ4v) is 4.48. The second kappa shape index (κ2) is 7.82. The van der Waals surface area contributed by atoms with E-state index in [1.165, 1.54) is 12.1 Å². The molecule has 6 heteroatoms. The van der Waals surface area contributed by atoms with E-state index in [0.29, 0.717) is 17.1 Å². The molecular formula is C24H21ClFN3O. The highest BCUT2D eigenvalue weighted by Gasteiger charge is 2.30. The summed E-state index contributed by atoms with van der Waals surface area (Å²) >= 11 is 6.25. The highest BCUT2D eigenvalue weighted by molar-refractivity contribution is 6.30. The third kappa shape index (κ3) is 3.71. The molecule has 1 atom stereocenters. The number of fused-ring (bicyclic) bond motifs is 1. The maximum atomic E-state index is 13.8. The summed E-state index contributed by atoms with van der Waals surface area (Å²) in [6, 6.07) is 16.7. The monoisotopic (exact) mass is 421 g/mol. The van der Waals surface area contributed by atoms with E-state index in [2.05, 4.69) is 16.1 Å². The minimum Gasteiger partial charge on any atom is -0.359 e. The van der Waals surface area contributed by atoms with Gasteiger partial charge in [0.25, 0.3) is 0 Å². The molecular weight excluding hydrogens is 401 g/mol. The number of aromatic nitrogens is 2. The van der Waals surface area contributed by atoms with Crippen LogP contribution in [0.4, 0.5) is 4.39 Å². The number of nitrogens with zero attached hydrogens (tertiary/aromatic N) is 3. The molecule has 2 aromatic carbocycles. The molecule has 30 heavy (non-hydrogen) atoms. The van der Waals surface area contributed by atoms with E-state index in [1.807, 2.05) is 37.3 Å². The number of hydrogen-bond acceptors (Lipinski definition) is 4. The van der Waals surface area contributed by atoms with Gasteiger partial charge in [-0.05, 0) is 62.2 Å². The van der Waals surface area contributed by atoms with Gasteiger partial charge in [-0.1, -0.05) is 28.9 Å². The van der Waals surface area contributed by atoms with Crippen molar-refractivity contribution >= 4 is 22.5 Å². The Kier molecular flexibility index (Phi) is 5.01. The Hall–Kier alpha value is -2.76. The van der Waals surface area contributed by atoms with Crippen molar-refractivity contribution in [1.82, 2.24) is 15.0 Å². The van der Waals surface area contributed by atoms with Gasteiger partial charge in [0.2, 0.25) is 0 Å². The lowest BCUT2D eigenvalue weighted by molar-refractivity contribution is 0.206. The number of pyridine rings is 1. The molecule has 2 aromatic heterocycles. The number of halogens is 2. The van der Waals surface area contributed by atoms with Crippen molar-refractivity contribution in [2.24, 2.45) is 0 Å². The van der Waals surface area contributed by atoms with Crippen LogP contribution in [0.2, 0.25) is 5.02 Å². The molecule has 4 aromatic rings. The van der Waals surface area contributed by atoms with Crippen molar-refractivity contribution < 1.29 is 8.91 Å². The van der Waals surface area contributed by atoms with Crippen LogP contribution in [-0.2, 0) is 6.54 Å². The third-order valence-corrected chi connectivity index (χ3v) is 5.90. The van der Waals surface area contributed by atoms with Crippen LogP contribution in [0.5, 0.6) is 0 Å². The molecule has 0 bridgehead atoms. The third-order valence-electron chi connectivity index (χ3n) is 5.67. The molecule has 0 saturated carbocycles. The van der Waals surface area contributed by atoms with Gasteiger partial charge in [0.15, 0.2) is 5.76 Å². The molecule has 0 amide bonds. The first-order valence-electron chi connectivity index (χ1n) is 10.1. The minimum atomic E-state index is -0.292. The van der Waals surface area contributed by atoms with Gasteiger partial charge in [0.05, 0.1) is 22.9 Å². The van der Waals surface area contributed by atoms with Gasteiger partial charge in [0, 0.05) is 34.6 Å². The number of aryl methyl sites for hydroxylation is 1. The summed E-state index contributed by atoms with van der Waals surface area (Å²) in [6.45, 7) is 3.63. The largest absolute Gasteiger partial charge is 0.359 e. The van der Waals surface area contributed by atoms with Crippen LogP contribution < -0.4 is 0 Å². The first-order valence-corrected chi connectivity index (χ1v) is 10.5. The van der Waals surface area contributed by atoms with E-state index >= 15 is 0 Å². The maximum Gasteiger partial charge on any atom is 0.154 e. The van der Waals surface area contributed by atoms with E-state index < -0.39 is 0 Å². The van der Waals surface area contributed by atoms with Crippen molar-refractivity contribution in [3.63, 3.8) is 0 Å². The smallest absolute Gasteiger partial charge is 0.154 e. The second-order valence-electron chi connectivity index (χ2n) is 7.84. The van der Waals surface area contributed by atoms with E-state index in [-0.39, 0.29) is 11.9 Å². The van der Waals surface area contributed by atoms with E-state index in [0.717, 1.165) is 53.0 Å². The topological polar surface area (TPSA) is 42.2 Å². The van der Waals surface area contributed by atoms with Crippen molar-refractivity contribution in [2.75, 3.05) is 6.54 Å². The Bertz CT molecular complexity index is 1220. The molecule has 0 aliphatic carbocycles. The summed E-state index contributed by atoms with van der Waals surface area (Å²) in [5.74, 6) is 0.616. The van der Waals surface area contributed by atoms with Gasteiger partial charge in [-0.15, -0.1) is 0 Å². The SMILES string of the molecule is Cc1cc([C@H]2CCCN2Cc2cc3ccc(F)cc3nc2-c2cccc(Cl)c2)on1. The highest BCUT2D eigenvalue weighted by atomic mass is 35.5. The van der Waals surface area contributed by atoms with E-state index in [4.69, 9.17) is 21.1 Å². The molecule has 4 nitrogen and oxygen atoms in total. The predicted molar refractivity (Wildman–Crippen MR) is 116 cm³/mol. The molecule has 1 fully saturated rings. The fourth-order valence-electron chi connectivity index (χ4n) is 4.29. The molecule has 152 valence electrons. The van der Waals surface area contributed by atoms with Crippen molar-refractivity contribution in [2.45, 2.75) is 32.4 Å². The summed E-state index contributed by atoms with van der Waals surface area (Å²) in [5, 5.41) is 5.63. The minimum absolute atomic E-state index is 0.197. The number of benzene rings is 2. The lowest BCUT2D eigenvalue weighted by Gasteiger charge is -2.24. The Morgan fingerprint density at radius 3 is 2.87 bits per heavy atom. The van der Waals surface area contributed by atoms with Gasteiger partial charge in [-0.2, -0.15) is 0 Å². The molecule has 1 saturated heterocycles. The van der Waals surface area contributed by atoms with E-state index in [1.54, 1.807) is 6.07 Å². The maximum absolute atomic E-state index is 13.8. The average molecular weight is 422 g/mol. The first-order chi connectivity index (χ1) is 14.6. The van der Waals surface area contributed by atoms with Crippen molar-refractivity contribution in [1.29, 1.82) is 0 Å². The van der Waals surface area contributed by atoms with Crippen LogP contribution in [-0.4, -0.2) is 21.6 Å². The molecule has 1 aliphatic rings. The molecule has 0 radical (unpaired) electrons. The molecule has 0 spiro atoms. The van der Waals surface area contributed by atoms with Crippen LogP contribution >= 0.6 is 11.6 Å². The van der Waals surface area contributed by atoms with Crippen LogP contribution in [0.25, 0.3) is 22.2 Å². The Labute approximate surface area is 179 Å². The molecule has 0 N–H and O–H groups in total. The Balaban J connectivity index is 1.58. The van der Waals surface area contributed by atoms with Gasteiger partial charge in [-0.3, -0.25) is 4.90 Å². The number of likely N-dealkylation sites (tertiary alicyclic amines) is 1. The molecule has 1 aliphatic heterocycles. The molecule has 0 unspecified atom stereocenters. The zero-order chi connectivity index (χ0) is 20.7. The summed E-state index contributed by atoms with van der Waals surface area (Å²) in [7, 11) is 0. The highest BCUT2D eigenvalue weighted by Crippen LogP contribution is 2.36. The van der Waals surface area contributed by atoms with Crippen LogP contribution in [0.3, 0.4) is 0 Å². The Morgan fingerprint density at radius 1 is 1.17 bits per heavy atom. The van der Waals surface area contributed by atoms with Gasteiger partial charge >= 0.3 is 0 Å². The normalized spacial score (nSPS) is 17.1. The van der Waals surface area contributed by atoms with Gasteiger partial charge in [-0.25, -0.2) is 9.37 Å². The summed E-state index contributed by atoms with van der Waals surface area (Å²) in [4.78, 5) is 7.23. The zero-order valence-electron chi connectivity index (χ0n) is 16.6. The van der Waals surface area contributed by atoms with Crippen molar-refractivity contribution in [3.8, 4) is 11.3 Å². The molecule has 3 heterocycles. The van der Waals surface area contributed by atoms with E-state index in [9.17, 15) is 4.39 Å². The number of hydrogen-bond donors (Lipinski definition) is 0. The number of rotatable bonds is 4. The second-order valence-corrected chi connectivity index (χ2v) is 8.28. The standard InChI is InChI=1S/C24H21ClFN3O/c1-15-10-23(30-28-15)22-6-3-9-29(22)14-18-11-16-7-8-20(26)13-21(16)27-24(18)17-4-2-5-19(25)12-17/h2,4-5,7-8,10-13,22H,3,6,9,14H2,1H3/t22-/m1/s1. The molecule has 5 rings (SSSR count).